The van der Waals surface area contributed by atoms with Gasteiger partial charge in [-0.15, -0.1) is 22.7 Å². The van der Waals surface area contributed by atoms with Gasteiger partial charge in [-0.2, -0.15) is 0 Å². The molecule has 0 unspecified atom stereocenters. The van der Waals surface area contributed by atoms with Gasteiger partial charge in [0.25, 0.3) is 0 Å². The highest BCUT2D eigenvalue weighted by atomic mass is 32.1. The average molecular weight is 1000 g/mol. The number of carboxylic acid groups (broad SMARTS) is 1. The first-order valence-corrected chi connectivity index (χ1v) is 25.3. The van der Waals surface area contributed by atoms with Gasteiger partial charge >= 0.3 is 18.2 Å². The Balaban J connectivity index is 0.000000212. The van der Waals surface area contributed by atoms with Crippen molar-refractivity contribution in [1.82, 2.24) is 19.8 Å². The summed E-state index contributed by atoms with van der Waals surface area (Å²) in [7, 11) is 0. The van der Waals surface area contributed by atoms with Crippen LogP contribution in [0.4, 0.5) is 9.59 Å². The molecule has 0 aliphatic heterocycles. The molecule has 2 heterocycles. The lowest BCUT2D eigenvalue weighted by atomic mass is 10.2. The standard InChI is InChI=1S/C29H28N2O5S.C29H30N2O3S/c1-21-26(30-28(37-21)24-10-6-3-7-11-24)16-17-35-25-14-12-22(13-15-25)18-31(19-27(32)33)29(34)36-20-23-8-4-2-5-9-23;1-3-31(29(32)34-21-24-10-6-4-7-11-24)20-23-14-16-26(17-15-23)33-19-18-27-22(2)35-28(30-27)25-12-8-5-9-13-25/h2-15H,16-20H2,1H3,(H,32,33);4-17H,3,18-21H2,1-2H3. The highest BCUT2D eigenvalue weighted by Crippen LogP contribution is 2.29. The van der Waals surface area contributed by atoms with Crippen LogP contribution < -0.4 is 9.47 Å². The average Bonchev–Trinajstić information content (AvgIpc) is 3.98. The number of thiazole rings is 2. The number of ether oxygens (including phenoxy) is 4. The van der Waals surface area contributed by atoms with Crippen molar-refractivity contribution in [3.8, 4) is 32.6 Å². The van der Waals surface area contributed by atoms with Crippen molar-refractivity contribution in [2.45, 2.75) is 59.9 Å². The van der Waals surface area contributed by atoms with Gasteiger partial charge in [0, 0.05) is 53.4 Å². The predicted molar refractivity (Wildman–Crippen MR) is 283 cm³/mol. The van der Waals surface area contributed by atoms with Gasteiger partial charge in [-0.05, 0) is 67.3 Å². The van der Waals surface area contributed by atoms with Crippen molar-refractivity contribution in [2.75, 3.05) is 26.3 Å². The van der Waals surface area contributed by atoms with E-state index in [-0.39, 0.29) is 25.9 Å². The van der Waals surface area contributed by atoms with E-state index in [4.69, 9.17) is 28.9 Å². The summed E-state index contributed by atoms with van der Waals surface area (Å²) in [6.45, 7) is 8.24. The van der Waals surface area contributed by atoms with E-state index in [2.05, 4.69) is 38.1 Å². The van der Waals surface area contributed by atoms with Crippen LogP contribution in [0.1, 0.15) is 50.3 Å². The van der Waals surface area contributed by atoms with Gasteiger partial charge in [-0.3, -0.25) is 9.69 Å². The molecule has 0 aliphatic carbocycles. The summed E-state index contributed by atoms with van der Waals surface area (Å²) in [5, 5.41) is 11.3. The van der Waals surface area contributed by atoms with Crippen molar-refractivity contribution in [3.63, 3.8) is 0 Å². The molecule has 2 amide bonds. The number of aryl methyl sites for hydroxylation is 2. The Morgan fingerprint density at radius 2 is 0.875 bits per heavy atom. The molecular weight excluding hydrogens is 945 g/mol. The number of hydrogen-bond acceptors (Lipinski definition) is 11. The van der Waals surface area contributed by atoms with Crippen LogP contribution in [0.5, 0.6) is 11.5 Å². The van der Waals surface area contributed by atoms with Crippen molar-refractivity contribution >= 4 is 40.8 Å². The van der Waals surface area contributed by atoms with Crippen LogP contribution >= 0.6 is 22.7 Å². The van der Waals surface area contributed by atoms with Crippen LogP contribution in [-0.2, 0) is 53.4 Å². The van der Waals surface area contributed by atoms with Crippen LogP contribution in [-0.4, -0.2) is 69.3 Å². The fourth-order valence-electron chi connectivity index (χ4n) is 7.36. The molecular formula is C58H58N4O8S2. The quantitative estimate of drug-likeness (QED) is 0.0739. The lowest BCUT2D eigenvalue weighted by Crippen LogP contribution is -2.35. The van der Waals surface area contributed by atoms with Crippen molar-refractivity contribution in [3.05, 3.63) is 213 Å². The third kappa shape index (κ3) is 16.1. The maximum Gasteiger partial charge on any atom is 0.410 e. The smallest absolute Gasteiger partial charge is 0.410 e. The summed E-state index contributed by atoms with van der Waals surface area (Å²) in [6.07, 6.45) is 0.454. The SMILES string of the molecule is CCN(Cc1ccc(OCCc2nc(-c3ccccc3)sc2C)cc1)C(=O)OCc1ccccc1.Cc1sc(-c2ccccc2)nc1CCOc1ccc(CN(CC(=O)O)C(=O)OCc2ccccc2)cc1. The van der Waals surface area contributed by atoms with Crippen molar-refractivity contribution < 1.29 is 38.4 Å². The molecule has 0 saturated carbocycles. The Morgan fingerprint density at radius 1 is 0.500 bits per heavy atom. The third-order valence-corrected chi connectivity index (χ3v) is 13.4. The normalized spacial score (nSPS) is 10.7. The molecule has 1 N–H and O–H groups in total. The number of carbonyl (C=O) groups is 3. The van der Waals surface area contributed by atoms with E-state index in [1.54, 1.807) is 27.6 Å². The zero-order valence-corrected chi connectivity index (χ0v) is 42.3. The zero-order valence-electron chi connectivity index (χ0n) is 40.6. The lowest BCUT2D eigenvalue weighted by molar-refractivity contribution is -0.138. The zero-order chi connectivity index (χ0) is 50.5. The topological polar surface area (TPSA) is 141 Å². The highest BCUT2D eigenvalue weighted by molar-refractivity contribution is 7.15. The van der Waals surface area contributed by atoms with Crippen LogP contribution in [0.2, 0.25) is 0 Å². The molecule has 12 nitrogen and oxygen atoms in total. The molecule has 14 heteroatoms. The Hall–Kier alpha value is -7.81. The van der Waals surface area contributed by atoms with E-state index in [9.17, 15) is 19.5 Å². The largest absolute Gasteiger partial charge is 0.493 e. The number of aromatic nitrogens is 2. The number of benzene rings is 6. The Morgan fingerprint density at radius 3 is 1.26 bits per heavy atom. The molecule has 2 aromatic heterocycles. The highest BCUT2D eigenvalue weighted by Gasteiger charge is 2.20. The van der Waals surface area contributed by atoms with Crippen LogP contribution in [0, 0.1) is 13.8 Å². The van der Waals surface area contributed by atoms with E-state index in [0.29, 0.717) is 38.5 Å². The summed E-state index contributed by atoms with van der Waals surface area (Å²) in [6, 6.07) is 54.5. The van der Waals surface area contributed by atoms with Gasteiger partial charge in [-0.1, -0.05) is 146 Å². The van der Waals surface area contributed by atoms with E-state index in [1.807, 2.05) is 153 Å². The number of carbonyl (C=O) groups excluding carboxylic acids is 2. The molecule has 0 atom stereocenters. The van der Waals surface area contributed by atoms with Gasteiger partial charge in [0.05, 0.1) is 24.6 Å². The number of hydrogen-bond donors (Lipinski definition) is 1. The number of carboxylic acids is 1. The number of nitrogens with zero attached hydrogens (tertiary/aromatic N) is 4. The first-order chi connectivity index (χ1) is 35.1. The summed E-state index contributed by atoms with van der Waals surface area (Å²) in [5.74, 6) is 0.389. The summed E-state index contributed by atoms with van der Waals surface area (Å²) < 4.78 is 22.6. The van der Waals surface area contributed by atoms with Gasteiger partial charge in [0.2, 0.25) is 0 Å². The second-order valence-electron chi connectivity index (χ2n) is 16.6. The van der Waals surface area contributed by atoms with Crippen LogP contribution in [0.15, 0.2) is 170 Å². The van der Waals surface area contributed by atoms with E-state index >= 15 is 0 Å². The number of aliphatic carboxylic acids is 1. The molecule has 370 valence electrons. The van der Waals surface area contributed by atoms with Crippen LogP contribution in [0.3, 0.4) is 0 Å². The van der Waals surface area contributed by atoms with Gasteiger partial charge in [0.15, 0.2) is 0 Å². The molecule has 0 spiro atoms. The molecule has 0 aliphatic rings. The second kappa shape index (κ2) is 27.0. The molecule has 0 radical (unpaired) electrons. The summed E-state index contributed by atoms with van der Waals surface area (Å²) >= 11 is 3.40. The summed E-state index contributed by atoms with van der Waals surface area (Å²) in [5.41, 5.74) is 7.97. The molecule has 0 saturated heterocycles. The first kappa shape index (κ1) is 52.0. The van der Waals surface area contributed by atoms with E-state index in [1.165, 1.54) is 9.75 Å². The Bertz CT molecular complexity index is 2920. The van der Waals surface area contributed by atoms with Crippen LogP contribution in [0.25, 0.3) is 21.1 Å². The van der Waals surface area contributed by atoms with Gasteiger partial charge in [0.1, 0.15) is 41.3 Å². The molecule has 8 rings (SSSR count). The Kier molecular flexibility index (Phi) is 19.5. The summed E-state index contributed by atoms with van der Waals surface area (Å²) in [4.78, 5) is 51.2. The minimum atomic E-state index is -1.11. The fourth-order valence-corrected chi connectivity index (χ4v) is 9.29. The van der Waals surface area contributed by atoms with Crippen molar-refractivity contribution in [2.24, 2.45) is 0 Å². The molecule has 72 heavy (non-hydrogen) atoms. The molecule has 0 bridgehead atoms. The minimum Gasteiger partial charge on any atom is -0.493 e. The van der Waals surface area contributed by atoms with E-state index in [0.717, 1.165) is 71.9 Å². The van der Waals surface area contributed by atoms with Gasteiger partial charge in [-0.25, -0.2) is 19.6 Å². The molecule has 6 aromatic carbocycles. The van der Waals surface area contributed by atoms with E-state index < -0.39 is 18.6 Å². The fraction of sp³-hybridized carbons (Fsp3) is 0.224. The second-order valence-corrected chi connectivity index (χ2v) is 19.0. The number of rotatable bonds is 21. The minimum absolute atomic E-state index is 0.0773. The van der Waals surface area contributed by atoms with Gasteiger partial charge < -0.3 is 29.0 Å². The Labute approximate surface area is 429 Å². The maximum atomic E-state index is 12.5. The predicted octanol–water partition coefficient (Wildman–Crippen LogP) is 12.9. The number of amides is 2. The molecule has 8 aromatic rings. The maximum absolute atomic E-state index is 12.5. The van der Waals surface area contributed by atoms with Crippen molar-refractivity contribution in [1.29, 1.82) is 0 Å². The molecule has 0 fully saturated rings. The lowest BCUT2D eigenvalue weighted by Gasteiger charge is -2.20. The monoisotopic (exact) mass is 1000 g/mol. The third-order valence-electron chi connectivity index (χ3n) is 11.3. The first-order valence-electron chi connectivity index (χ1n) is 23.7.